The summed E-state index contributed by atoms with van der Waals surface area (Å²) in [6, 6.07) is 6.75. The van der Waals surface area contributed by atoms with E-state index in [2.05, 4.69) is 4.98 Å². The van der Waals surface area contributed by atoms with E-state index in [-0.39, 0.29) is 24.8 Å². The first-order valence-corrected chi connectivity index (χ1v) is 9.56. The summed E-state index contributed by atoms with van der Waals surface area (Å²) in [5, 5.41) is 10.3. The molecule has 1 N–H and O–H groups in total. The summed E-state index contributed by atoms with van der Waals surface area (Å²) in [5.41, 5.74) is 1.11. The molecule has 2 atom stereocenters. The number of carbonyl (C=O) groups excluding carboxylic acids is 1. The van der Waals surface area contributed by atoms with E-state index in [1.807, 2.05) is 11.8 Å². The number of piperazine rings is 1. The van der Waals surface area contributed by atoms with Crippen molar-refractivity contribution in [1.29, 1.82) is 0 Å². The normalized spacial score (nSPS) is 17.9. The zero-order valence-corrected chi connectivity index (χ0v) is 16.5. The fraction of sp³-hybridized carbons (Fsp3) is 0.429. The number of pyridine rings is 1. The van der Waals surface area contributed by atoms with Crippen LogP contribution in [0.3, 0.4) is 0 Å². The molecule has 0 saturated carbocycles. The molecule has 3 rings (SSSR count). The van der Waals surface area contributed by atoms with E-state index in [1.54, 1.807) is 17.0 Å². The van der Waals surface area contributed by atoms with Crippen LogP contribution in [-0.2, 0) is 4.79 Å². The summed E-state index contributed by atoms with van der Waals surface area (Å²) < 4.78 is 32.0. The predicted octanol–water partition coefficient (Wildman–Crippen LogP) is 2.92. The Morgan fingerprint density at radius 1 is 1.28 bits per heavy atom. The molecular weight excluding hydrogens is 380 g/mol. The highest BCUT2D eigenvalue weighted by molar-refractivity contribution is 5.76. The van der Waals surface area contributed by atoms with E-state index < -0.39 is 17.7 Å². The second-order valence-electron chi connectivity index (χ2n) is 7.20. The molecule has 1 aliphatic heterocycles. The van der Waals surface area contributed by atoms with Crippen LogP contribution in [0, 0.1) is 11.6 Å². The minimum absolute atomic E-state index is 0.0533. The van der Waals surface area contributed by atoms with Crippen LogP contribution in [0.1, 0.15) is 31.4 Å². The van der Waals surface area contributed by atoms with Crippen LogP contribution in [0.5, 0.6) is 5.88 Å². The largest absolute Gasteiger partial charge is 0.481 e. The van der Waals surface area contributed by atoms with E-state index in [1.165, 1.54) is 25.4 Å². The van der Waals surface area contributed by atoms with Gasteiger partial charge in [0.15, 0.2) is 0 Å². The number of amides is 1. The maximum absolute atomic E-state index is 13.5. The lowest BCUT2D eigenvalue weighted by atomic mass is 10.1. The molecule has 1 aromatic carbocycles. The number of rotatable bonds is 6. The first kappa shape index (κ1) is 21.0. The van der Waals surface area contributed by atoms with Crippen molar-refractivity contribution >= 4 is 11.6 Å². The van der Waals surface area contributed by atoms with Crippen molar-refractivity contribution in [1.82, 2.24) is 9.88 Å². The number of benzene rings is 1. The van der Waals surface area contributed by atoms with Gasteiger partial charge in [-0.2, -0.15) is 0 Å². The Morgan fingerprint density at radius 2 is 2.00 bits per heavy atom. The molecule has 156 valence electrons. The highest BCUT2D eigenvalue weighted by Crippen LogP contribution is 2.24. The van der Waals surface area contributed by atoms with Crippen LogP contribution in [-0.4, -0.2) is 53.7 Å². The number of aliphatic hydroxyl groups is 1. The molecule has 1 aromatic heterocycles. The zero-order chi connectivity index (χ0) is 21.0. The number of carbonyl (C=O) groups is 1. The third kappa shape index (κ3) is 5.20. The van der Waals surface area contributed by atoms with Crippen molar-refractivity contribution in [2.45, 2.75) is 31.9 Å². The SMILES string of the molecule is COc1ccc(C(O)CCC(=O)N2CCN(c3cc(F)cc(F)c3)[C@@H](C)C2)cn1. The van der Waals surface area contributed by atoms with Crippen molar-refractivity contribution in [2.24, 2.45) is 0 Å². The van der Waals surface area contributed by atoms with Gasteiger partial charge in [-0.3, -0.25) is 4.79 Å². The Hall–Kier alpha value is -2.74. The Bertz CT molecular complexity index is 827. The van der Waals surface area contributed by atoms with Gasteiger partial charge in [0.1, 0.15) is 11.6 Å². The van der Waals surface area contributed by atoms with Crippen molar-refractivity contribution in [2.75, 3.05) is 31.6 Å². The molecular formula is C21H25F2N3O3. The average molecular weight is 405 g/mol. The summed E-state index contributed by atoms with van der Waals surface area (Å²) in [5.74, 6) is -0.829. The minimum Gasteiger partial charge on any atom is -0.481 e. The zero-order valence-electron chi connectivity index (χ0n) is 16.5. The fourth-order valence-corrected chi connectivity index (χ4v) is 3.57. The van der Waals surface area contributed by atoms with Gasteiger partial charge in [-0.05, 0) is 37.1 Å². The Morgan fingerprint density at radius 3 is 2.59 bits per heavy atom. The predicted molar refractivity (Wildman–Crippen MR) is 105 cm³/mol. The second kappa shape index (κ2) is 9.17. The number of nitrogens with zero attached hydrogens (tertiary/aromatic N) is 3. The number of aliphatic hydroxyl groups excluding tert-OH is 1. The van der Waals surface area contributed by atoms with E-state index >= 15 is 0 Å². The summed E-state index contributed by atoms with van der Waals surface area (Å²) >= 11 is 0. The minimum atomic E-state index is -0.786. The van der Waals surface area contributed by atoms with Crippen LogP contribution in [0.4, 0.5) is 14.5 Å². The van der Waals surface area contributed by atoms with Gasteiger partial charge < -0.3 is 19.6 Å². The molecule has 1 aliphatic rings. The third-order valence-electron chi connectivity index (χ3n) is 5.14. The maximum Gasteiger partial charge on any atom is 0.222 e. The van der Waals surface area contributed by atoms with Crippen molar-refractivity contribution in [3.8, 4) is 5.88 Å². The Kier molecular flexibility index (Phi) is 6.64. The topological polar surface area (TPSA) is 65.9 Å². The average Bonchev–Trinajstić information content (AvgIpc) is 2.71. The van der Waals surface area contributed by atoms with Crippen LogP contribution in [0.25, 0.3) is 0 Å². The number of halogens is 2. The number of hydrogen-bond acceptors (Lipinski definition) is 5. The molecule has 8 heteroatoms. The summed E-state index contributed by atoms with van der Waals surface area (Å²) in [7, 11) is 1.52. The molecule has 2 aromatic rings. The third-order valence-corrected chi connectivity index (χ3v) is 5.14. The van der Waals surface area contributed by atoms with E-state index in [4.69, 9.17) is 4.74 Å². The molecule has 1 saturated heterocycles. The Labute approximate surface area is 168 Å². The van der Waals surface area contributed by atoms with E-state index in [0.717, 1.165) is 6.07 Å². The van der Waals surface area contributed by atoms with Gasteiger partial charge in [0, 0.05) is 56.1 Å². The van der Waals surface area contributed by atoms with Crippen LogP contribution >= 0.6 is 0 Å². The van der Waals surface area contributed by atoms with Gasteiger partial charge >= 0.3 is 0 Å². The van der Waals surface area contributed by atoms with E-state index in [0.29, 0.717) is 36.8 Å². The van der Waals surface area contributed by atoms with Gasteiger partial charge in [-0.1, -0.05) is 0 Å². The molecule has 0 spiro atoms. The van der Waals surface area contributed by atoms with Crippen LogP contribution < -0.4 is 9.64 Å². The second-order valence-corrected chi connectivity index (χ2v) is 7.20. The molecule has 1 fully saturated rings. The van der Waals surface area contributed by atoms with Gasteiger partial charge in [-0.25, -0.2) is 13.8 Å². The first-order valence-electron chi connectivity index (χ1n) is 9.56. The highest BCUT2D eigenvalue weighted by Gasteiger charge is 2.27. The number of ether oxygens (including phenoxy) is 1. The number of aromatic nitrogens is 1. The van der Waals surface area contributed by atoms with Crippen LogP contribution in [0.15, 0.2) is 36.5 Å². The Balaban J connectivity index is 1.53. The van der Waals surface area contributed by atoms with Crippen molar-refractivity contribution < 1.29 is 23.4 Å². The standard InChI is InChI=1S/C21H25F2N3O3/c1-14-13-25(7-8-26(14)18-10-16(22)9-17(23)11-18)21(28)6-4-19(27)15-3-5-20(29-2)24-12-15/h3,5,9-12,14,19,27H,4,6-8,13H2,1-2H3/t14-,19?/m0/s1. The summed E-state index contributed by atoms with van der Waals surface area (Å²) in [6.07, 6.45) is 1.24. The molecule has 1 amide bonds. The molecule has 29 heavy (non-hydrogen) atoms. The van der Waals surface area contributed by atoms with Crippen molar-refractivity contribution in [3.05, 3.63) is 53.7 Å². The van der Waals surface area contributed by atoms with Gasteiger partial charge in [-0.15, -0.1) is 0 Å². The summed E-state index contributed by atoms with van der Waals surface area (Å²) in [6.45, 7) is 3.32. The van der Waals surface area contributed by atoms with Gasteiger partial charge in [0.05, 0.1) is 13.2 Å². The first-order chi connectivity index (χ1) is 13.9. The molecule has 2 heterocycles. The summed E-state index contributed by atoms with van der Waals surface area (Å²) in [4.78, 5) is 20.3. The van der Waals surface area contributed by atoms with E-state index in [9.17, 15) is 18.7 Å². The van der Waals surface area contributed by atoms with Gasteiger partial charge in [0.2, 0.25) is 11.8 Å². The number of hydrogen-bond donors (Lipinski definition) is 1. The maximum atomic E-state index is 13.5. The molecule has 0 bridgehead atoms. The lowest BCUT2D eigenvalue weighted by molar-refractivity contribution is -0.132. The molecule has 6 nitrogen and oxygen atoms in total. The van der Waals surface area contributed by atoms with Gasteiger partial charge in [0.25, 0.3) is 0 Å². The number of anilines is 1. The smallest absolute Gasteiger partial charge is 0.222 e. The lowest BCUT2D eigenvalue weighted by Crippen LogP contribution is -2.53. The molecule has 0 radical (unpaired) electrons. The quantitative estimate of drug-likeness (QED) is 0.801. The highest BCUT2D eigenvalue weighted by atomic mass is 19.1. The van der Waals surface area contributed by atoms with Crippen LogP contribution in [0.2, 0.25) is 0 Å². The monoisotopic (exact) mass is 405 g/mol. The fourth-order valence-electron chi connectivity index (χ4n) is 3.57. The lowest BCUT2D eigenvalue weighted by Gasteiger charge is -2.41. The molecule has 0 aliphatic carbocycles. The number of methoxy groups -OCH3 is 1. The van der Waals surface area contributed by atoms with Crippen molar-refractivity contribution in [3.63, 3.8) is 0 Å². The molecule has 1 unspecified atom stereocenters.